The molecule has 0 bridgehead atoms. The van der Waals surface area contributed by atoms with Crippen LogP contribution in [0, 0.1) is 6.92 Å². The predicted molar refractivity (Wildman–Crippen MR) is 165 cm³/mol. The zero-order valence-corrected chi connectivity index (χ0v) is 25.8. The van der Waals surface area contributed by atoms with Gasteiger partial charge in [0.05, 0.1) is 35.6 Å². The van der Waals surface area contributed by atoms with Crippen molar-refractivity contribution in [3.63, 3.8) is 0 Å². The molecular formula is C32H28Cl2N2O5S. The number of para-hydroxylation sites is 1. The van der Waals surface area contributed by atoms with E-state index in [-0.39, 0.29) is 18.8 Å². The number of esters is 1. The van der Waals surface area contributed by atoms with Crippen molar-refractivity contribution in [2.45, 2.75) is 33.4 Å². The SMILES string of the molecule is CCOC(=O)C1=C(C)N=c2s/c(=C\c3cccc(OC)c3OCc3ccc(Cl)cc3Cl)c(=O)n2[C@H]1c1ccc(C)cc1. The molecule has 3 aromatic carbocycles. The third kappa shape index (κ3) is 5.88. The fourth-order valence-corrected chi connectivity index (χ4v) is 6.25. The molecule has 0 saturated carbocycles. The maximum absolute atomic E-state index is 14.0. The van der Waals surface area contributed by atoms with Gasteiger partial charge in [0.2, 0.25) is 0 Å². The number of rotatable bonds is 8. The average Bonchev–Trinajstić information content (AvgIpc) is 3.26. The summed E-state index contributed by atoms with van der Waals surface area (Å²) in [6.45, 7) is 5.87. The van der Waals surface area contributed by atoms with E-state index in [2.05, 4.69) is 4.99 Å². The van der Waals surface area contributed by atoms with Crippen LogP contribution in [0.1, 0.15) is 42.1 Å². The first-order valence-corrected chi connectivity index (χ1v) is 14.8. The number of fused-ring (bicyclic) bond motifs is 1. The highest BCUT2D eigenvalue weighted by atomic mass is 35.5. The molecule has 10 heteroatoms. The quantitative estimate of drug-likeness (QED) is 0.225. The molecule has 0 N–H and O–H groups in total. The first-order valence-electron chi connectivity index (χ1n) is 13.2. The van der Waals surface area contributed by atoms with Crippen LogP contribution < -0.4 is 24.4 Å². The first kappa shape index (κ1) is 29.6. The summed E-state index contributed by atoms with van der Waals surface area (Å²) in [4.78, 5) is 32.3. The smallest absolute Gasteiger partial charge is 0.338 e. The minimum Gasteiger partial charge on any atom is -0.493 e. The molecule has 216 valence electrons. The second-order valence-corrected chi connectivity index (χ2v) is 11.5. The molecule has 42 heavy (non-hydrogen) atoms. The van der Waals surface area contributed by atoms with Gasteiger partial charge >= 0.3 is 5.97 Å². The van der Waals surface area contributed by atoms with Gasteiger partial charge in [-0.3, -0.25) is 9.36 Å². The zero-order chi connectivity index (χ0) is 30.0. The maximum Gasteiger partial charge on any atom is 0.338 e. The van der Waals surface area contributed by atoms with Crippen LogP contribution in [0.25, 0.3) is 6.08 Å². The van der Waals surface area contributed by atoms with E-state index in [1.54, 1.807) is 55.9 Å². The Morgan fingerprint density at radius 3 is 2.55 bits per heavy atom. The van der Waals surface area contributed by atoms with Crippen molar-refractivity contribution in [3.8, 4) is 11.5 Å². The van der Waals surface area contributed by atoms with Crippen molar-refractivity contribution in [3.05, 3.63) is 124 Å². The van der Waals surface area contributed by atoms with E-state index in [1.807, 2.05) is 43.3 Å². The van der Waals surface area contributed by atoms with Crippen LogP contribution in [0.3, 0.4) is 0 Å². The summed E-state index contributed by atoms with van der Waals surface area (Å²) in [5, 5.41) is 1.01. The number of allylic oxidation sites excluding steroid dienone is 1. The van der Waals surface area contributed by atoms with Crippen molar-refractivity contribution in [1.29, 1.82) is 0 Å². The van der Waals surface area contributed by atoms with Gasteiger partial charge in [-0.05, 0) is 50.6 Å². The van der Waals surface area contributed by atoms with E-state index in [9.17, 15) is 9.59 Å². The van der Waals surface area contributed by atoms with Gasteiger partial charge in [-0.1, -0.05) is 82.6 Å². The Hall–Kier alpha value is -3.85. The summed E-state index contributed by atoms with van der Waals surface area (Å²) in [6.07, 6.45) is 1.75. The van der Waals surface area contributed by atoms with Crippen molar-refractivity contribution in [1.82, 2.24) is 4.57 Å². The van der Waals surface area contributed by atoms with E-state index >= 15 is 0 Å². The summed E-state index contributed by atoms with van der Waals surface area (Å²) >= 11 is 13.6. The highest BCUT2D eigenvalue weighted by molar-refractivity contribution is 7.07. The highest BCUT2D eigenvalue weighted by Crippen LogP contribution is 2.34. The Kier molecular flexibility index (Phi) is 8.87. The molecule has 0 fully saturated rings. The summed E-state index contributed by atoms with van der Waals surface area (Å²) in [7, 11) is 1.55. The number of aromatic nitrogens is 1. The fourth-order valence-electron chi connectivity index (χ4n) is 4.75. The number of carbonyl (C=O) groups excluding carboxylic acids is 1. The van der Waals surface area contributed by atoms with E-state index < -0.39 is 12.0 Å². The lowest BCUT2D eigenvalue weighted by Gasteiger charge is -2.24. The number of carbonyl (C=O) groups is 1. The third-order valence-corrected chi connectivity index (χ3v) is 8.38. The fraction of sp³-hybridized carbons (Fsp3) is 0.219. The second-order valence-electron chi connectivity index (χ2n) is 9.62. The lowest BCUT2D eigenvalue weighted by molar-refractivity contribution is -0.139. The highest BCUT2D eigenvalue weighted by Gasteiger charge is 2.33. The lowest BCUT2D eigenvalue weighted by Crippen LogP contribution is -2.39. The minimum atomic E-state index is -0.684. The number of thiazole rings is 1. The molecule has 7 nitrogen and oxygen atoms in total. The number of halogens is 2. The molecule has 0 spiro atoms. The van der Waals surface area contributed by atoms with Gasteiger partial charge in [-0.15, -0.1) is 0 Å². The Balaban J connectivity index is 1.63. The van der Waals surface area contributed by atoms with Gasteiger partial charge in [-0.25, -0.2) is 9.79 Å². The van der Waals surface area contributed by atoms with Crippen LogP contribution >= 0.6 is 34.5 Å². The van der Waals surface area contributed by atoms with Gasteiger partial charge < -0.3 is 14.2 Å². The van der Waals surface area contributed by atoms with Crippen LogP contribution in [-0.2, 0) is 16.1 Å². The standard InChI is InChI=1S/C32H28Cl2N2O5S/c1-5-40-31(38)27-19(3)35-32-36(28(27)20-11-9-18(2)10-12-20)30(37)26(42-32)15-21-7-6-8-25(39-4)29(21)41-17-22-13-14-23(33)16-24(22)34/h6-16,28H,5,17H2,1-4H3/b26-15-/t28-/m0/s1. The monoisotopic (exact) mass is 622 g/mol. The number of ether oxygens (including phenoxy) is 3. The summed E-state index contributed by atoms with van der Waals surface area (Å²) in [5.74, 6) is 0.456. The zero-order valence-electron chi connectivity index (χ0n) is 23.4. The third-order valence-electron chi connectivity index (χ3n) is 6.81. The summed E-state index contributed by atoms with van der Waals surface area (Å²) in [5.41, 5.74) is 3.80. The molecule has 0 amide bonds. The molecule has 2 heterocycles. The van der Waals surface area contributed by atoms with Crippen molar-refractivity contribution in [2.75, 3.05) is 13.7 Å². The van der Waals surface area contributed by atoms with Gasteiger partial charge in [0, 0.05) is 21.2 Å². The summed E-state index contributed by atoms with van der Waals surface area (Å²) < 4.78 is 19.1. The minimum absolute atomic E-state index is 0.161. The molecule has 1 aliphatic heterocycles. The molecule has 0 unspecified atom stereocenters. The van der Waals surface area contributed by atoms with Crippen molar-refractivity contribution < 1.29 is 19.0 Å². The molecule has 4 aromatic rings. The lowest BCUT2D eigenvalue weighted by atomic mass is 9.95. The normalized spacial score (nSPS) is 14.8. The Labute approximate surface area is 256 Å². The maximum atomic E-state index is 14.0. The number of aryl methyl sites for hydroxylation is 1. The van der Waals surface area contributed by atoms with Crippen molar-refractivity contribution >= 4 is 46.6 Å². The van der Waals surface area contributed by atoms with Crippen LogP contribution in [0.2, 0.25) is 10.0 Å². The molecule has 1 aliphatic rings. The number of nitrogens with zero attached hydrogens (tertiary/aromatic N) is 2. The molecule has 1 atom stereocenters. The van der Waals surface area contributed by atoms with Gasteiger partial charge in [0.15, 0.2) is 16.3 Å². The van der Waals surface area contributed by atoms with Crippen LogP contribution in [0.15, 0.2) is 81.7 Å². The first-order chi connectivity index (χ1) is 20.2. The molecule has 0 radical (unpaired) electrons. The topological polar surface area (TPSA) is 79.1 Å². The molecule has 0 aliphatic carbocycles. The van der Waals surface area contributed by atoms with Crippen LogP contribution in [-0.4, -0.2) is 24.3 Å². The van der Waals surface area contributed by atoms with Gasteiger partial charge in [-0.2, -0.15) is 0 Å². The van der Waals surface area contributed by atoms with E-state index in [1.165, 1.54) is 11.3 Å². The Morgan fingerprint density at radius 1 is 1.10 bits per heavy atom. The van der Waals surface area contributed by atoms with Gasteiger partial charge in [0.1, 0.15) is 6.61 Å². The number of benzene rings is 3. The van der Waals surface area contributed by atoms with E-state index in [0.717, 1.165) is 16.7 Å². The average molecular weight is 624 g/mol. The molecule has 0 saturated heterocycles. The second kappa shape index (κ2) is 12.6. The Morgan fingerprint density at radius 2 is 1.86 bits per heavy atom. The predicted octanol–water partition coefficient (Wildman–Crippen LogP) is 6.00. The van der Waals surface area contributed by atoms with Crippen LogP contribution in [0.4, 0.5) is 0 Å². The molecule has 5 rings (SSSR count). The number of methoxy groups -OCH3 is 1. The number of hydrogen-bond donors (Lipinski definition) is 0. The van der Waals surface area contributed by atoms with Crippen LogP contribution in [0.5, 0.6) is 11.5 Å². The van der Waals surface area contributed by atoms with E-state index in [0.29, 0.717) is 47.7 Å². The molecular weight excluding hydrogens is 595 g/mol. The Bertz CT molecular complexity index is 1880. The molecule has 1 aromatic heterocycles. The van der Waals surface area contributed by atoms with Crippen molar-refractivity contribution in [2.24, 2.45) is 4.99 Å². The largest absolute Gasteiger partial charge is 0.493 e. The van der Waals surface area contributed by atoms with E-state index in [4.69, 9.17) is 37.4 Å². The van der Waals surface area contributed by atoms with Gasteiger partial charge in [0.25, 0.3) is 5.56 Å². The summed E-state index contributed by atoms with van der Waals surface area (Å²) in [6, 6.07) is 17.7. The number of hydrogen-bond acceptors (Lipinski definition) is 7.